The van der Waals surface area contributed by atoms with Crippen molar-refractivity contribution in [3.05, 3.63) is 0 Å². The second-order valence-corrected chi connectivity index (χ2v) is 7.32. The van der Waals surface area contributed by atoms with Crippen LogP contribution in [0.4, 0.5) is 0 Å². The maximum atomic E-state index is 12.3. The summed E-state index contributed by atoms with van der Waals surface area (Å²) < 4.78 is 0. The fourth-order valence-corrected chi connectivity index (χ4v) is 2.51. The van der Waals surface area contributed by atoms with E-state index in [2.05, 4.69) is 16.0 Å². The van der Waals surface area contributed by atoms with Crippen molar-refractivity contribution in [1.82, 2.24) is 16.0 Å². The highest BCUT2D eigenvalue weighted by Crippen LogP contribution is 2.02. The number of carbonyl (C=O) groups is 5. The van der Waals surface area contributed by atoms with Crippen molar-refractivity contribution in [2.75, 3.05) is 12.0 Å². The molecule has 0 aliphatic heterocycles. The van der Waals surface area contributed by atoms with Crippen molar-refractivity contribution >= 4 is 41.4 Å². The molecule has 5 unspecified atom stereocenters. The molecule has 0 saturated heterocycles. The van der Waals surface area contributed by atoms with Gasteiger partial charge in [0.2, 0.25) is 17.7 Å². The molecule has 3 amide bonds. The molecule has 0 aromatic carbocycles. The number of carbonyl (C=O) groups excluding carboxylic acids is 3. The number of aliphatic carboxylic acids is 2. The van der Waals surface area contributed by atoms with E-state index >= 15 is 0 Å². The monoisotopic (exact) mass is 436 g/mol. The Hall–Kier alpha value is -2.38. The summed E-state index contributed by atoms with van der Waals surface area (Å²) >= 11 is 1.40. The average molecular weight is 436 g/mol. The van der Waals surface area contributed by atoms with Crippen LogP contribution >= 0.6 is 11.8 Å². The maximum absolute atomic E-state index is 12.3. The zero-order valence-corrected chi connectivity index (χ0v) is 17.2. The summed E-state index contributed by atoms with van der Waals surface area (Å²) in [7, 11) is 0. The number of hydrogen-bond donors (Lipinski definition) is 7. The molecular weight excluding hydrogens is 408 g/mol. The molecule has 0 fully saturated rings. The van der Waals surface area contributed by atoms with Crippen molar-refractivity contribution in [2.24, 2.45) is 5.73 Å². The zero-order valence-electron chi connectivity index (χ0n) is 16.4. The Balaban J connectivity index is 5.04. The predicted octanol–water partition coefficient (Wildman–Crippen LogP) is -2.52. The third kappa shape index (κ3) is 10.1. The zero-order chi connectivity index (χ0) is 22.7. The third-order valence-electron chi connectivity index (χ3n) is 3.81. The minimum atomic E-state index is -1.55. The van der Waals surface area contributed by atoms with Gasteiger partial charge in [-0.05, 0) is 32.3 Å². The van der Waals surface area contributed by atoms with Crippen LogP contribution in [0.2, 0.25) is 0 Å². The first kappa shape index (κ1) is 26.6. The summed E-state index contributed by atoms with van der Waals surface area (Å²) in [5.74, 6) is -4.83. The number of carboxylic acid groups (broad SMARTS) is 2. The molecule has 0 rings (SSSR count). The highest BCUT2D eigenvalue weighted by atomic mass is 32.2. The molecule has 0 heterocycles. The second kappa shape index (κ2) is 13.0. The number of nitrogens with two attached hydrogens (primary N) is 1. The Morgan fingerprint density at radius 1 is 0.931 bits per heavy atom. The smallest absolute Gasteiger partial charge is 0.326 e. The van der Waals surface area contributed by atoms with E-state index in [4.69, 9.17) is 15.9 Å². The first-order valence-corrected chi connectivity index (χ1v) is 10.1. The molecule has 13 heteroatoms. The van der Waals surface area contributed by atoms with Gasteiger partial charge in [0.15, 0.2) is 0 Å². The lowest BCUT2D eigenvalue weighted by atomic mass is 10.1. The van der Waals surface area contributed by atoms with E-state index in [-0.39, 0.29) is 6.42 Å². The average Bonchev–Trinajstić information content (AvgIpc) is 2.62. The van der Waals surface area contributed by atoms with Crippen LogP contribution in [-0.2, 0) is 24.0 Å². The molecule has 0 bridgehead atoms. The molecule has 0 aliphatic carbocycles. The van der Waals surface area contributed by atoms with Gasteiger partial charge in [0.25, 0.3) is 0 Å². The van der Waals surface area contributed by atoms with Gasteiger partial charge in [-0.3, -0.25) is 19.2 Å². The van der Waals surface area contributed by atoms with Gasteiger partial charge >= 0.3 is 11.9 Å². The Labute approximate surface area is 172 Å². The molecule has 29 heavy (non-hydrogen) atoms. The van der Waals surface area contributed by atoms with Crippen LogP contribution in [0, 0.1) is 0 Å². The van der Waals surface area contributed by atoms with Gasteiger partial charge in [-0.2, -0.15) is 11.8 Å². The van der Waals surface area contributed by atoms with Gasteiger partial charge < -0.3 is 37.0 Å². The molecule has 5 atom stereocenters. The van der Waals surface area contributed by atoms with Crippen molar-refractivity contribution < 1.29 is 39.3 Å². The van der Waals surface area contributed by atoms with E-state index in [9.17, 15) is 29.1 Å². The van der Waals surface area contributed by atoms with Gasteiger partial charge in [0.1, 0.15) is 24.2 Å². The number of rotatable bonds is 13. The molecular formula is C16H28N4O8S. The Bertz CT molecular complexity index is 616. The quantitative estimate of drug-likeness (QED) is 0.161. The number of nitrogens with one attached hydrogen (secondary N) is 3. The number of thioether (sulfide) groups is 1. The van der Waals surface area contributed by atoms with Crippen LogP contribution in [0.15, 0.2) is 0 Å². The summed E-state index contributed by atoms with van der Waals surface area (Å²) in [6.07, 6.45) is -0.0615. The van der Waals surface area contributed by atoms with E-state index in [0.717, 1.165) is 0 Å². The molecule has 0 spiro atoms. The first-order chi connectivity index (χ1) is 13.4. The van der Waals surface area contributed by atoms with Crippen molar-refractivity contribution in [1.29, 1.82) is 0 Å². The minimum Gasteiger partial charge on any atom is -0.481 e. The Morgan fingerprint density at radius 3 is 1.93 bits per heavy atom. The second-order valence-electron chi connectivity index (χ2n) is 6.34. The highest BCUT2D eigenvalue weighted by molar-refractivity contribution is 7.98. The summed E-state index contributed by atoms with van der Waals surface area (Å²) in [6.45, 7) is 2.53. The van der Waals surface area contributed by atoms with E-state index < -0.39 is 66.4 Å². The van der Waals surface area contributed by atoms with E-state index in [1.54, 1.807) is 6.26 Å². The number of hydrogen-bond acceptors (Lipinski definition) is 8. The maximum Gasteiger partial charge on any atom is 0.326 e. The number of aliphatic hydroxyl groups excluding tert-OH is 1. The lowest BCUT2D eigenvalue weighted by molar-refractivity contribution is -0.143. The molecule has 12 nitrogen and oxygen atoms in total. The molecule has 0 aromatic heterocycles. The number of amides is 3. The fourth-order valence-electron chi connectivity index (χ4n) is 2.04. The van der Waals surface area contributed by atoms with E-state index in [1.807, 2.05) is 0 Å². The van der Waals surface area contributed by atoms with Gasteiger partial charge in [0, 0.05) is 0 Å². The van der Waals surface area contributed by atoms with Crippen molar-refractivity contribution in [2.45, 2.75) is 57.0 Å². The summed E-state index contributed by atoms with van der Waals surface area (Å²) in [5, 5.41) is 34.0. The molecule has 166 valence electrons. The summed E-state index contributed by atoms with van der Waals surface area (Å²) in [6, 6.07) is -5.27. The number of carboxylic acids is 2. The van der Waals surface area contributed by atoms with Gasteiger partial charge in [-0.25, -0.2) is 4.79 Å². The lowest BCUT2D eigenvalue weighted by Gasteiger charge is -2.23. The highest BCUT2D eigenvalue weighted by Gasteiger charge is 2.30. The van der Waals surface area contributed by atoms with E-state index in [0.29, 0.717) is 5.75 Å². The summed E-state index contributed by atoms with van der Waals surface area (Å²) in [4.78, 5) is 58.6. The molecule has 0 saturated carbocycles. The van der Waals surface area contributed by atoms with Crippen molar-refractivity contribution in [3.63, 3.8) is 0 Å². The SMILES string of the molecule is CSCCC(NC(=O)C(C)NC(=O)C(CC(=O)O)NC(=O)C(N)C(C)O)C(=O)O. The van der Waals surface area contributed by atoms with Crippen LogP contribution in [0.1, 0.15) is 26.7 Å². The summed E-state index contributed by atoms with van der Waals surface area (Å²) in [5.41, 5.74) is 5.45. The van der Waals surface area contributed by atoms with Crippen LogP contribution < -0.4 is 21.7 Å². The Morgan fingerprint density at radius 2 is 1.48 bits per heavy atom. The van der Waals surface area contributed by atoms with Gasteiger partial charge in [0.05, 0.1) is 12.5 Å². The first-order valence-electron chi connectivity index (χ1n) is 8.69. The minimum absolute atomic E-state index is 0.178. The van der Waals surface area contributed by atoms with Crippen LogP contribution in [0.3, 0.4) is 0 Å². The number of aliphatic hydroxyl groups is 1. The van der Waals surface area contributed by atoms with Crippen LogP contribution in [0.25, 0.3) is 0 Å². The Kier molecular flexibility index (Phi) is 11.9. The third-order valence-corrected chi connectivity index (χ3v) is 4.46. The fraction of sp³-hybridized carbons (Fsp3) is 0.688. The molecule has 0 radical (unpaired) electrons. The molecule has 0 aromatic rings. The molecule has 0 aliphatic rings. The largest absolute Gasteiger partial charge is 0.481 e. The predicted molar refractivity (Wildman–Crippen MR) is 104 cm³/mol. The normalized spacial score (nSPS) is 15.9. The standard InChI is InChI=1S/C16H28N4O8S/c1-7(13(24)19-9(16(27)28)4-5-29-3)18-14(25)10(6-11(22)23)20-15(26)12(17)8(2)21/h7-10,12,21H,4-6,17H2,1-3H3,(H,18,25)(H,19,24)(H,20,26)(H,22,23)(H,27,28). The van der Waals surface area contributed by atoms with Gasteiger partial charge in [-0.15, -0.1) is 0 Å². The topological polar surface area (TPSA) is 208 Å². The van der Waals surface area contributed by atoms with E-state index in [1.165, 1.54) is 25.6 Å². The molecule has 8 N–H and O–H groups in total. The lowest BCUT2D eigenvalue weighted by Crippen LogP contribution is -2.57. The van der Waals surface area contributed by atoms with Crippen molar-refractivity contribution in [3.8, 4) is 0 Å². The van der Waals surface area contributed by atoms with Crippen LogP contribution in [-0.4, -0.2) is 87.3 Å². The van der Waals surface area contributed by atoms with Gasteiger partial charge in [-0.1, -0.05) is 0 Å². The van der Waals surface area contributed by atoms with Crippen LogP contribution in [0.5, 0.6) is 0 Å².